The Balaban J connectivity index is 1.22. The molecule has 9 nitrogen and oxygen atoms in total. The lowest BCUT2D eigenvalue weighted by Gasteiger charge is -2.23. The molecule has 0 saturated heterocycles. The molecule has 6 aromatic carbocycles. The zero-order valence-electron chi connectivity index (χ0n) is 41.7. The van der Waals surface area contributed by atoms with Gasteiger partial charge in [0.25, 0.3) is 0 Å². The van der Waals surface area contributed by atoms with Gasteiger partial charge in [-0.15, -0.1) is 0 Å². The Bertz CT molecular complexity index is 2960. The van der Waals surface area contributed by atoms with Crippen LogP contribution in [0.1, 0.15) is 142 Å². The van der Waals surface area contributed by atoms with Crippen LogP contribution >= 0.6 is 14.3 Å². The van der Waals surface area contributed by atoms with Gasteiger partial charge in [0.1, 0.15) is 0 Å². The Morgan fingerprint density at radius 2 is 0.623 bits per heavy atom. The molecule has 6 rings (SSSR count). The summed E-state index contributed by atoms with van der Waals surface area (Å²) in [6.45, 7) is 21.6. The molecule has 0 amide bonds. The lowest BCUT2D eigenvalue weighted by atomic mass is 9.90. The summed E-state index contributed by atoms with van der Waals surface area (Å²) in [4.78, 5) is 86.9. The Kier molecular flexibility index (Phi) is 15.7. The summed E-state index contributed by atoms with van der Waals surface area (Å²) in [5.41, 5.74) is 5.43. The van der Waals surface area contributed by atoms with Gasteiger partial charge in [-0.3, -0.25) is 28.8 Å². The number of Topliss-reactive ketones (excluding diaryl/α,β-unsaturated/α-hetero) is 2. The maximum atomic E-state index is 15.3. The summed E-state index contributed by atoms with van der Waals surface area (Å²) >= 11 is 0. The number of carbonyl (C=O) groups is 6. The van der Waals surface area contributed by atoms with Gasteiger partial charge >= 0.3 is 0 Å². The van der Waals surface area contributed by atoms with E-state index in [0.29, 0.717) is 66.8 Å². The monoisotopic (exact) mass is 961 g/mol. The summed E-state index contributed by atoms with van der Waals surface area (Å²) in [6, 6.07) is 27.0. The van der Waals surface area contributed by atoms with E-state index in [-0.39, 0.29) is 70.4 Å². The second-order valence-corrected chi connectivity index (χ2v) is 23.6. The Morgan fingerprint density at radius 1 is 0.362 bits per heavy atom. The van der Waals surface area contributed by atoms with Crippen LogP contribution in [0.15, 0.2) is 97.1 Å². The van der Waals surface area contributed by atoms with Crippen LogP contribution in [0, 0.1) is 83.1 Å². The highest BCUT2D eigenvalue weighted by Crippen LogP contribution is 2.54. The van der Waals surface area contributed by atoms with Gasteiger partial charge in [-0.1, -0.05) is 108 Å². The van der Waals surface area contributed by atoms with Gasteiger partial charge < -0.3 is 14.4 Å². The van der Waals surface area contributed by atoms with Crippen LogP contribution in [-0.4, -0.2) is 46.8 Å². The summed E-state index contributed by atoms with van der Waals surface area (Å²) in [6.07, 6.45) is 0.0150. The minimum absolute atomic E-state index is 0.00750. The quantitative estimate of drug-likeness (QED) is 0.0505. The number of hydrogen-bond donors (Lipinski definition) is 1. The second kappa shape index (κ2) is 20.8. The van der Waals surface area contributed by atoms with Crippen LogP contribution < -0.4 is 15.9 Å². The molecule has 356 valence electrons. The Labute approximate surface area is 406 Å². The molecule has 0 fully saturated rings. The maximum Gasteiger partial charge on any atom is 0.248 e. The minimum Gasteiger partial charge on any atom is -0.316 e. The zero-order valence-corrected chi connectivity index (χ0v) is 43.5. The molecule has 0 bridgehead atoms. The van der Waals surface area contributed by atoms with E-state index >= 15 is 9.13 Å². The minimum atomic E-state index is -4.50. The van der Waals surface area contributed by atoms with E-state index in [1.165, 1.54) is 24.3 Å². The molecule has 0 aromatic heterocycles. The highest BCUT2D eigenvalue weighted by atomic mass is 31.2. The zero-order chi connectivity index (χ0) is 50.9. The van der Waals surface area contributed by atoms with Gasteiger partial charge in [0.15, 0.2) is 11.6 Å². The molecule has 0 heterocycles. The SMILES string of the molecule is Cc1cc(C)c(C(=O)P(=O)(C(=O)c2c(C)cc(C)c(C(=O)CCNCCC(=O)c3c(C)cc(C)c(C(=O)P(=O)(C(=O)c4c(C)cc(C)cc4C)c4ccccc4)c3C)c2C)c2ccccc2)c(C)c1. The third-order valence-electron chi connectivity index (χ3n) is 13.2. The maximum absolute atomic E-state index is 15.3. The third kappa shape index (κ3) is 9.83. The first-order valence-electron chi connectivity index (χ1n) is 23.1. The van der Waals surface area contributed by atoms with Gasteiger partial charge in [-0.25, -0.2) is 0 Å². The molecule has 0 saturated carbocycles. The van der Waals surface area contributed by atoms with Crippen LogP contribution in [0.25, 0.3) is 0 Å². The number of carbonyl (C=O) groups excluding carboxylic acids is 6. The third-order valence-corrected chi connectivity index (χ3v) is 18.4. The van der Waals surface area contributed by atoms with E-state index in [9.17, 15) is 28.8 Å². The summed E-state index contributed by atoms with van der Waals surface area (Å²) < 4.78 is 30.7. The van der Waals surface area contributed by atoms with Crippen LogP contribution in [0.5, 0.6) is 0 Å². The Morgan fingerprint density at radius 3 is 0.928 bits per heavy atom. The topological polar surface area (TPSA) is 149 Å². The van der Waals surface area contributed by atoms with Gasteiger partial charge in [0, 0.05) is 69.9 Å². The first-order chi connectivity index (χ1) is 32.5. The first-order valence-corrected chi connectivity index (χ1v) is 26.5. The van der Waals surface area contributed by atoms with Gasteiger partial charge in [-0.05, 0) is 139 Å². The summed E-state index contributed by atoms with van der Waals surface area (Å²) in [5, 5.41) is 3.44. The van der Waals surface area contributed by atoms with E-state index in [1.807, 2.05) is 38.1 Å². The molecular weight excluding hydrogens is 901 g/mol. The van der Waals surface area contributed by atoms with Crippen LogP contribution in [-0.2, 0) is 9.13 Å². The standard InChI is InChI=1S/C58H61NO8P2/c1-33-27-35(3)49(36(4)28-33)55(62)68(66,45-19-15-13-16-20-45)57(64)53-41(9)31-39(7)51(43(53)11)47(60)23-25-59-26-24-48(61)52-40(8)32-42(10)54(44(52)12)58(65)69(67,46-21-17-14-18-22-46)56(63)50-37(5)29-34(2)30-38(50)6/h13-22,27-32,59H,23-26H2,1-12H3. The van der Waals surface area contributed by atoms with E-state index in [2.05, 4.69) is 5.32 Å². The molecule has 0 radical (unpaired) electrons. The van der Waals surface area contributed by atoms with E-state index in [0.717, 1.165) is 11.1 Å². The normalized spacial score (nSPS) is 13.0. The molecule has 2 unspecified atom stereocenters. The van der Waals surface area contributed by atoms with Crippen molar-refractivity contribution >= 4 is 58.6 Å². The van der Waals surface area contributed by atoms with E-state index < -0.39 is 36.4 Å². The lowest BCUT2D eigenvalue weighted by molar-refractivity contribution is 0.0977. The van der Waals surface area contributed by atoms with Gasteiger partial charge in [0.2, 0.25) is 36.4 Å². The number of hydrogen-bond acceptors (Lipinski definition) is 9. The fraction of sp³-hybridized carbons (Fsp3) is 0.276. The summed E-state index contributed by atoms with van der Waals surface area (Å²) in [7, 11) is -8.99. The van der Waals surface area contributed by atoms with Gasteiger partial charge in [0.05, 0.1) is 0 Å². The van der Waals surface area contributed by atoms with Crippen LogP contribution in [0.3, 0.4) is 0 Å². The lowest BCUT2D eigenvalue weighted by Crippen LogP contribution is -2.25. The Hall–Kier alpha value is -6.24. The highest BCUT2D eigenvalue weighted by molar-refractivity contribution is 8.01. The molecule has 2 atom stereocenters. The molecule has 1 N–H and O–H groups in total. The molecule has 0 aliphatic rings. The molecule has 0 spiro atoms. The van der Waals surface area contributed by atoms with Crippen molar-refractivity contribution in [1.29, 1.82) is 0 Å². The van der Waals surface area contributed by atoms with Crippen molar-refractivity contribution in [1.82, 2.24) is 5.32 Å². The fourth-order valence-corrected chi connectivity index (χ4v) is 15.4. The van der Waals surface area contributed by atoms with E-state index in [4.69, 9.17) is 0 Å². The molecule has 11 heteroatoms. The molecule has 0 aliphatic heterocycles. The summed E-state index contributed by atoms with van der Waals surface area (Å²) in [5.74, 6) is -0.545. The molecule has 0 aliphatic carbocycles. The molecule has 69 heavy (non-hydrogen) atoms. The van der Waals surface area contributed by atoms with Gasteiger partial charge in [-0.2, -0.15) is 0 Å². The van der Waals surface area contributed by atoms with Crippen molar-refractivity contribution in [3.8, 4) is 0 Å². The average molecular weight is 962 g/mol. The van der Waals surface area contributed by atoms with Crippen LogP contribution in [0.2, 0.25) is 0 Å². The van der Waals surface area contributed by atoms with Crippen molar-refractivity contribution in [2.24, 2.45) is 0 Å². The number of nitrogens with one attached hydrogen (secondary N) is 1. The first kappa shape index (κ1) is 52.1. The predicted molar refractivity (Wildman–Crippen MR) is 278 cm³/mol. The van der Waals surface area contributed by atoms with Crippen molar-refractivity contribution in [3.63, 3.8) is 0 Å². The van der Waals surface area contributed by atoms with Crippen molar-refractivity contribution < 1.29 is 37.9 Å². The number of rotatable bonds is 18. The number of ketones is 2. The molecule has 6 aromatic rings. The average Bonchev–Trinajstić information content (AvgIpc) is 3.27. The second-order valence-electron chi connectivity index (χ2n) is 18.5. The van der Waals surface area contributed by atoms with E-state index in [1.54, 1.807) is 118 Å². The predicted octanol–water partition coefficient (Wildman–Crippen LogP) is 12.2. The van der Waals surface area contributed by atoms with Crippen molar-refractivity contribution in [2.45, 2.75) is 95.9 Å². The van der Waals surface area contributed by atoms with Crippen molar-refractivity contribution in [2.75, 3.05) is 13.1 Å². The highest BCUT2D eigenvalue weighted by Gasteiger charge is 2.46. The largest absolute Gasteiger partial charge is 0.316 e. The number of benzene rings is 6. The number of aryl methyl sites for hydroxylation is 10. The smallest absolute Gasteiger partial charge is 0.248 e. The van der Waals surface area contributed by atoms with Crippen molar-refractivity contribution in [3.05, 3.63) is 197 Å². The van der Waals surface area contributed by atoms with Crippen LogP contribution in [0.4, 0.5) is 0 Å². The fourth-order valence-electron chi connectivity index (χ4n) is 10.3. The molecular formula is C58H61NO8P2.